The van der Waals surface area contributed by atoms with E-state index in [1.807, 2.05) is 29.2 Å². The van der Waals surface area contributed by atoms with Gasteiger partial charge in [-0.25, -0.2) is 0 Å². The summed E-state index contributed by atoms with van der Waals surface area (Å²) in [4.78, 5) is 31.1. The summed E-state index contributed by atoms with van der Waals surface area (Å²) < 4.78 is 0. The molecule has 1 N–H and O–H groups in total. The number of carbonyl (C=O) groups excluding carboxylic acids is 2. The molecule has 2 aromatic rings. The summed E-state index contributed by atoms with van der Waals surface area (Å²) in [6, 6.07) is 10.8. The number of benzene rings is 1. The van der Waals surface area contributed by atoms with E-state index in [-0.39, 0.29) is 11.8 Å². The first-order chi connectivity index (χ1) is 13.0. The van der Waals surface area contributed by atoms with E-state index >= 15 is 0 Å². The van der Waals surface area contributed by atoms with Gasteiger partial charge in [-0.3, -0.25) is 14.6 Å². The van der Waals surface area contributed by atoms with Gasteiger partial charge in [0.1, 0.15) is 5.69 Å². The van der Waals surface area contributed by atoms with Crippen LogP contribution in [0.25, 0.3) is 0 Å². The Kier molecular flexibility index (Phi) is 6.45. The fourth-order valence-electron chi connectivity index (χ4n) is 3.30. The molecule has 6 heteroatoms. The number of likely N-dealkylation sites (tertiary alicyclic amines) is 1. The van der Waals surface area contributed by atoms with Gasteiger partial charge in [0, 0.05) is 36.4 Å². The molecule has 0 aliphatic carbocycles. The highest BCUT2D eigenvalue weighted by Gasteiger charge is 2.23. The molecule has 2 heterocycles. The van der Waals surface area contributed by atoms with Crippen molar-refractivity contribution in [2.45, 2.75) is 26.2 Å². The fraction of sp³-hybridized carbons (Fsp3) is 0.381. The van der Waals surface area contributed by atoms with Crippen molar-refractivity contribution in [1.29, 1.82) is 0 Å². The van der Waals surface area contributed by atoms with Gasteiger partial charge in [-0.1, -0.05) is 30.7 Å². The second-order valence-corrected chi connectivity index (χ2v) is 7.50. The van der Waals surface area contributed by atoms with E-state index in [1.165, 1.54) is 6.20 Å². The zero-order valence-electron chi connectivity index (χ0n) is 15.5. The SMILES string of the molecule is CC1CCCN(C(=O)c2cc(C(=O)NCCc3ccc(Cl)cc3)ccn2)C1. The minimum atomic E-state index is -0.201. The Morgan fingerprint density at radius 3 is 2.78 bits per heavy atom. The zero-order chi connectivity index (χ0) is 19.2. The molecule has 1 atom stereocenters. The zero-order valence-corrected chi connectivity index (χ0v) is 16.2. The van der Waals surface area contributed by atoms with Gasteiger partial charge in [-0.15, -0.1) is 0 Å². The van der Waals surface area contributed by atoms with Crippen molar-refractivity contribution in [3.8, 4) is 0 Å². The molecule has 2 amide bonds. The number of hydrogen-bond donors (Lipinski definition) is 1. The Bertz CT molecular complexity index is 807. The van der Waals surface area contributed by atoms with Crippen LogP contribution in [-0.4, -0.2) is 41.3 Å². The van der Waals surface area contributed by atoms with Crippen molar-refractivity contribution >= 4 is 23.4 Å². The highest BCUT2D eigenvalue weighted by atomic mass is 35.5. The standard InChI is InChI=1S/C21H24ClN3O2/c1-15-3-2-12-25(14-15)21(27)19-13-17(9-11-23-19)20(26)24-10-8-16-4-6-18(22)7-5-16/h4-7,9,11,13,15H,2-3,8,10,12,14H2,1H3,(H,24,26). The summed E-state index contributed by atoms with van der Waals surface area (Å²) in [5.74, 6) is 0.201. The molecule has 0 bridgehead atoms. The van der Waals surface area contributed by atoms with Crippen LogP contribution in [0.2, 0.25) is 5.02 Å². The first-order valence-corrected chi connectivity index (χ1v) is 9.68. The van der Waals surface area contributed by atoms with Crippen LogP contribution in [0.1, 0.15) is 46.2 Å². The summed E-state index contributed by atoms with van der Waals surface area (Å²) in [6.07, 6.45) is 4.39. The summed E-state index contributed by atoms with van der Waals surface area (Å²) in [5, 5.41) is 3.58. The molecule has 1 fully saturated rings. The highest BCUT2D eigenvalue weighted by molar-refractivity contribution is 6.30. The summed E-state index contributed by atoms with van der Waals surface area (Å²) >= 11 is 5.87. The quantitative estimate of drug-likeness (QED) is 0.855. The van der Waals surface area contributed by atoms with Crippen LogP contribution in [0.5, 0.6) is 0 Å². The maximum atomic E-state index is 12.7. The molecule has 3 rings (SSSR count). The Morgan fingerprint density at radius 1 is 1.26 bits per heavy atom. The first kappa shape index (κ1) is 19.4. The van der Waals surface area contributed by atoms with E-state index in [2.05, 4.69) is 17.2 Å². The lowest BCUT2D eigenvalue weighted by Crippen LogP contribution is -2.39. The van der Waals surface area contributed by atoms with Crippen LogP contribution in [0.15, 0.2) is 42.6 Å². The number of hydrogen-bond acceptors (Lipinski definition) is 3. The van der Waals surface area contributed by atoms with Crippen molar-refractivity contribution in [2.24, 2.45) is 5.92 Å². The smallest absolute Gasteiger partial charge is 0.272 e. The summed E-state index contributed by atoms with van der Waals surface area (Å²) in [7, 11) is 0. The highest BCUT2D eigenvalue weighted by Crippen LogP contribution is 2.17. The number of amides is 2. The van der Waals surface area contributed by atoms with Crippen molar-refractivity contribution in [2.75, 3.05) is 19.6 Å². The lowest BCUT2D eigenvalue weighted by atomic mass is 10.00. The Balaban J connectivity index is 1.58. The predicted octanol–water partition coefficient (Wildman–Crippen LogP) is 3.58. The average molecular weight is 386 g/mol. The van der Waals surface area contributed by atoms with Crippen molar-refractivity contribution < 1.29 is 9.59 Å². The molecule has 0 saturated carbocycles. The van der Waals surface area contributed by atoms with Gasteiger partial charge in [-0.05, 0) is 55.0 Å². The lowest BCUT2D eigenvalue weighted by molar-refractivity contribution is 0.0677. The minimum absolute atomic E-state index is 0.0997. The molecule has 0 radical (unpaired) electrons. The number of aromatic nitrogens is 1. The molecule has 142 valence electrons. The average Bonchev–Trinajstić information content (AvgIpc) is 2.69. The van der Waals surface area contributed by atoms with Crippen LogP contribution in [-0.2, 0) is 6.42 Å². The van der Waals surface area contributed by atoms with Gasteiger partial charge in [0.15, 0.2) is 0 Å². The second-order valence-electron chi connectivity index (χ2n) is 7.06. The molecule has 5 nitrogen and oxygen atoms in total. The third-order valence-electron chi connectivity index (χ3n) is 4.80. The number of nitrogens with one attached hydrogen (secondary N) is 1. The third kappa shape index (κ3) is 5.30. The molecule has 27 heavy (non-hydrogen) atoms. The molecule has 1 aliphatic heterocycles. The van der Waals surface area contributed by atoms with Gasteiger partial charge in [0.05, 0.1) is 0 Å². The van der Waals surface area contributed by atoms with Crippen LogP contribution >= 0.6 is 11.6 Å². The van der Waals surface area contributed by atoms with E-state index in [0.29, 0.717) is 35.2 Å². The molecular formula is C21H24ClN3O2. The monoisotopic (exact) mass is 385 g/mol. The second kappa shape index (κ2) is 9.00. The number of nitrogens with zero attached hydrogens (tertiary/aromatic N) is 2. The van der Waals surface area contributed by atoms with Crippen LogP contribution in [0, 0.1) is 5.92 Å². The lowest BCUT2D eigenvalue weighted by Gasteiger charge is -2.30. The molecule has 1 saturated heterocycles. The summed E-state index contributed by atoms with van der Waals surface area (Å²) in [6.45, 7) is 4.16. The predicted molar refractivity (Wildman–Crippen MR) is 106 cm³/mol. The Morgan fingerprint density at radius 2 is 2.04 bits per heavy atom. The Hall–Kier alpha value is -2.40. The minimum Gasteiger partial charge on any atom is -0.352 e. The van der Waals surface area contributed by atoms with Crippen molar-refractivity contribution in [3.63, 3.8) is 0 Å². The number of pyridine rings is 1. The normalized spacial score (nSPS) is 16.8. The fourth-order valence-corrected chi connectivity index (χ4v) is 3.42. The summed E-state index contributed by atoms with van der Waals surface area (Å²) in [5.41, 5.74) is 1.88. The topological polar surface area (TPSA) is 62.3 Å². The first-order valence-electron chi connectivity index (χ1n) is 9.31. The third-order valence-corrected chi connectivity index (χ3v) is 5.05. The van der Waals surface area contributed by atoms with Gasteiger partial charge in [0.2, 0.25) is 0 Å². The van der Waals surface area contributed by atoms with Gasteiger partial charge >= 0.3 is 0 Å². The van der Waals surface area contributed by atoms with Crippen LogP contribution < -0.4 is 5.32 Å². The van der Waals surface area contributed by atoms with Gasteiger partial charge < -0.3 is 10.2 Å². The van der Waals surface area contributed by atoms with Crippen LogP contribution in [0.4, 0.5) is 0 Å². The van der Waals surface area contributed by atoms with Gasteiger partial charge in [-0.2, -0.15) is 0 Å². The molecule has 1 aromatic carbocycles. The molecule has 1 unspecified atom stereocenters. The van der Waals surface area contributed by atoms with Crippen molar-refractivity contribution in [3.05, 3.63) is 64.4 Å². The maximum absolute atomic E-state index is 12.7. The number of halogens is 1. The largest absolute Gasteiger partial charge is 0.352 e. The molecule has 1 aromatic heterocycles. The van der Waals surface area contributed by atoms with E-state index < -0.39 is 0 Å². The van der Waals surface area contributed by atoms with E-state index in [4.69, 9.17) is 11.6 Å². The molecular weight excluding hydrogens is 362 g/mol. The van der Waals surface area contributed by atoms with Crippen LogP contribution in [0.3, 0.4) is 0 Å². The molecule has 0 spiro atoms. The van der Waals surface area contributed by atoms with E-state index in [9.17, 15) is 9.59 Å². The maximum Gasteiger partial charge on any atom is 0.272 e. The molecule has 1 aliphatic rings. The van der Waals surface area contributed by atoms with E-state index in [1.54, 1.807) is 12.1 Å². The number of carbonyl (C=O) groups is 2. The number of piperidine rings is 1. The van der Waals surface area contributed by atoms with E-state index in [0.717, 1.165) is 31.5 Å². The Labute approximate surface area is 164 Å². The number of rotatable bonds is 5. The van der Waals surface area contributed by atoms with Crippen molar-refractivity contribution in [1.82, 2.24) is 15.2 Å². The van der Waals surface area contributed by atoms with Gasteiger partial charge in [0.25, 0.3) is 11.8 Å².